The number of fused-ring (bicyclic) bond motifs is 10. The first kappa shape index (κ1) is 60.9. The number of guanidine groups is 1. The summed E-state index contributed by atoms with van der Waals surface area (Å²) in [5, 5.41) is 103. The van der Waals surface area contributed by atoms with Crippen LogP contribution in [0.25, 0.3) is 0 Å². The van der Waals surface area contributed by atoms with Crippen molar-refractivity contribution < 1.29 is 60.0 Å². The number of aromatic nitrogens is 1. The molecule has 3 heterocycles. The molecule has 2 saturated heterocycles. The van der Waals surface area contributed by atoms with Crippen LogP contribution in [0.3, 0.4) is 0 Å². The molecular weight excluding hydrogens is 1120 g/mol. The molecule has 10 aliphatic rings. The van der Waals surface area contributed by atoms with E-state index in [9.17, 15) is 45.3 Å². The summed E-state index contributed by atoms with van der Waals surface area (Å²) in [7, 11) is 2.98. The summed E-state index contributed by atoms with van der Waals surface area (Å²) in [4.78, 5) is 53.1. The lowest BCUT2D eigenvalue weighted by molar-refractivity contribution is -0.230. The number of carbonyl (C=O) groups is 3. The minimum atomic E-state index is -2.01. The standard InChI is InChI=1S/C66H89N5O12S2/c1-33-7-8-35-12-16-44-40(28-72)22-52(77)64(3,81)60-38(6-4-5-36(20-46(44)45(35)19-33)47-30-83-61(80)53(47)39-17-18-69-26-39)24-66(82)56-54(37-9-13-42(27-70-62(67)68)65(60,66)23-37)63(2)25-51(76)58(78)48-32-85-84-31-41(34-10-14-43(74)15-11-34)21-50(75)49(29-73)71-57(56)59(79)55(48)63/h10-12,14-15,17-18,26,33,36-38,40-42,44-49,51-55,58,60,69,71-74,76-78,81-82H,6-9,13,16,19-25,27-32H2,1-3H3,(H4,67,68,70)/t33-,36-,37+,38-,40+,41-,42-,44+,45-,46+,47-,48-,49-,51+,52-,53-,54+,55+,58-,60-,63-,64+,65+,66-/m1/s1. The molecule has 0 radical (unpaired) electrons. The second-order valence-corrected chi connectivity index (χ2v) is 30.9. The number of aliphatic hydroxyl groups excluding tert-OH is 5. The summed E-state index contributed by atoms with van der Waals surface area (Å²) in [5.41, 5.74) is 9.34. The number of rotatable bonds is 7. The molecule has 14 N–H and O–H groups in total. The molecule has 0 unspecified atom stereocenters. The zero-order valence-corrected chi connectivity index (χ0v) is 50.9. The zero-order valence-electron chi connectivity index (χ0n) is 49.2. The predicted molar refractivity (Wildman–Crippen MR) is 324 cm³/mol. The first-order valence-electron chi connectivity index (χ1n) is 31.5. The van der Waals surface area contributed by atoms with Crippen molar-refractivity contribution in [3.63, 3.8) is 0 Å². The van der Waals surface area contributed by atoms with Gasteiger partial charge in [0.2, 0.25) is 0 Å². The quantitative estimate of drug-likeness (QED) is 0.0409. The smallest absolute Gasteiger partial charge is 0.313 e. The fourth-order valence-corrected chi connectivity index (χ4v) is 23.1. The number of allylic oxidation sites excluding steroid dienone is 3. The molecule has 17 nitrogen and oxygen atoms in total. The second-order valence-electron chi connectivity index (χ2n) is 28.3. The number of nitrogens with two attached hydrogens (primary N) is 2. The third-order valence-corrected chi connectivity index (χ3v) is 26.5. The van der Waals surface area contributed by atoms with E-state index >= 15 is 9.90 Å². The maximum Gasteiger partial charge on any atom is 0.313 e. The number of aromatic amines is 1. The number of aliphatic hydroxyl groups is 7. The summed E-state index contributed by atoms with van der Waals surface area (Å²) in [5.74, 6) is 0.771. The SMILES string of the molecule is C[C@@H]1CCC2=CC[C@H]3[C@H](CO)C[C@@H](O)[C@](C)(O)[C@H]4[C@H](CC#C[C@@H]([C@H]5COC(=O)[C@@H]5c5cc[nH]c5)C[C@@H]3[C@@H]2C1)C[C@@]1(O)C2=C3N[C@H](CO)C(=O)C[C@@H](c5ccc(O)cc5)CSSC[C@H]5[C@@H](O)[C@@H](O)C[C@](C)([C@H]2[C@H]2CC[C@H](CN=C(N)N)[C@@]41C2)[C@@H]5C3=O. The van der Waals surface area contributed by atoms with Crippen LogP contribution in [0.15, 0.2) is 70.6 Å². The number of nitrogens with one attached hydrogen (secondary N) is 2. The third-order valence-electron chi connectivity index (χ3n) is 24.0. The molecule has 4 bridgehead atoms. The van der Waals surface area contributed by atoms with Crippen LogP contribution in [-0.2, 0) is 19.1 Å². The number of phenols is 1. The van der Waals surface area contributed by atoms with E-state index in [1.54, 1.807) is 31.2 Å². The lowest BCUT2D eigenvalue weighted by Gasteiger charge is -2.68. The fourth-order valence-electron chi connectivity index (χ4n) is 20.4. The molecule has 2 aromatic rings. The van der Waals surface area contributed by atoms with Crippen molar-refractivity contribution >= 4 is 45.1 Å². The number of nitrogens with zero attached hydrogens (tertiary/aromatic N) is 1. The molecule has 24 atom stereocenters. The number of phenolic OH excluding ortho intramolecular Hbond substituents is 1. The van der Waals surface area contributed by atoms with Gasteiger partial charge in [-0.15, -0.1) is 5.92 Å². The number of aliphatic imine (C=N–C) groups is 1. The van der Waals surface area contributed by atoms with E-state index in [4.69, 9.17) is 16.2 Å². The van der Waals surface area contributed by atoms with E-state index in [1.807, 2.05) is 25.4 Å². The van der Waals surface area contributed by atoms with E-state index in [0.29, 0.717) is 49.3 Å². The zero-order chi connectivity index (χ0) is 60.1. The fraction of sp³-hybridized carbons (Fsp3) is 0.697. The van der Waals surface area contributed by atoms with Gasteiger partial charge in [-0.3, -0.25) is 19.4 Å². The van der Waals surface area contributed by atoms with E-state index in [2.05, 4.69) is 40.1 Å². The lowest BCUT2D eigenvalue weighted by atomic mass is 9.37. The molecule has 85 heavy (non-hydrogen) atoms. The highest BCUT2D eigenvalue weighted by molar-refractivity contribution is 8.76. The number of aromatic hydroxyl groups is 1. The van der Waals surface area contributed by atoms with Crippen LogP contribution >= 0.6 is 21.6 Å². The summed E-state index contributed by atoms with van der Waals surface area (Å²) in [6.45, 7) is 5.24. The molecule has 12 rings (SSSR count). The molecule has 8 aliphatic carbocycles. The average Bonchev–Trinajstić information content (AvgIpc) is 1.62. The number of hydrogen-bond acceptors (Lipinski definition) is 16. The van der Waals surface area contributed by atoms with Crippen LogP contribution in [0.1, 0.15) is 127 Å². The van der Waals surface area contributed by atoms with Gasteiger partial charge in [0.1, 0.15) is 11.8 Å². The Labute approximate surface area is 506 Å². The Morgan fingerprint density at radius 1 is 0.871 bits per heavy atom. The maximum atomic E-state index is 16.4. The highest BCUT2D eigenvalue weighted by atomic mass is 33.1. The van der Waals surface area contributed by atoms with Gasteiger partial charge in [-0.25, -0.2) is 0 Å². The molecular formula is C66H89N5O12S2. The highest BCUT2D eigenvalue weighted by Crippen LogP contribution is 2.77. The molecule has 5 saturated carbocycles. The summed E-state index contributed by atoms with van der Waals surface area (Å²) < 4.78 is 5.96. The number of cyclic esters (lactones) is 1. The van der Waals surface area contributed by atoms with Crippen molar-refractivity contribution in [2.75, 3.05) is 37.9 Å². The summed E-state index contributed by atoms with van der Waals surface area (Å²) >= 11 is 0. The van der Waals surface area contributed by atoms with Gasteiger partial charge in [0.05, 0.1) is 54.3 Å². The minimum Gasteiger partial charge on any atom is -0.508 e. The predicted octanol–water partition coefficient (Wildman–Crippen LogP) is 5.46. The molecule has 1 aromatic carbocycles. The Hall–Kier alpha value is -4.36. The minimum absolute atomic E-state index is 0.000552. The Morgan fingerprint density at radius 2 is 1.65 bits per heavy atom. The van der Waals surface area contributed by atoms with Crippen LogP contribution in [0, 0.1) is 106 Å². The van der Waals surface area contributed by atoms with Gasteiger partial charge in [0, 0.05) is 90.8 Å². The van der Waals surface area contributed by atoms with Gasteiger partial charge in [-0.1, -0.05) is 65.1 Å². The van der Waals surface area contributed by atoms with E-state index in [-0.39, 0.29) is 128 Å². The number of ketones is 2. The van der Waals surface area contributed by atoms with Gasteiger partial charge in [0.15, 0.2) is 17.5 Å². The number of hydrogen-bond donors (Lipinski definition) is 12. The van der Waals surface area contributed by atoms with Crippen molar-refractivity contribution in [2.24, 2.45) is 110 Å². The summed E-state index contributed by atoms with van der Waals surface area (Å²) in [6, 6.07) is 7.27. The van der Waals surface area contributed by atoms with E-state index in [1.165, 1.54) is 27.2 Å². The van der Waals surface area contributed by atoms with Gasteiger partial charge in [0.25, 0.3) is 0 Å². The van der Waals surface area contributed by atoms with Crippen LogP contribution in [0.2, 0.25) is 0 Å². The van der Waals surface area contributed by atoms with Gasteiger partial charge < -0.3 is 67.4 Å². The Bertz CT molecular complexity index is 3010. The van der Waals surface area contributed by atoms with Gasteiger partial charge in [-0.2, -0.15) is 0 Å². The molecule has 19 heteroatoms. The lowest BCUT2D eigenvalue weighted by Crippen LogP contribution is -2.71. The maximum absolute atomic E-state index is 16.4. The number of Topliss-reactive ketones (excluding diaryl/α,β-unsaturated/α-hetero) is 2. The number of H-pyrrole nitrogens is 1. The van der Waals surface area contributed by atoms with Crippen molar-refractivity contribution in [2.45, 2.75) is 152 Å². The van der Waals surface area contributed by atoms with Gasteiger partial charge >= 0.3 is 5.97 Å². The third kappa shape index (κ3) is 10.2. The van der Waals surface area contributed by atoms with Crippen LogP contribution in [0.5, 0.6) is 5.75 Å². The van der Waals surface area contributed by atoms with Crippen molar-refractivity contribution in [3.8, 4) is 17.6 Å². The van der Waals surface area contributed by atoms with Gasteiger partial charge in [-0.05, 0) is 171 Å². The topological polar surface area (TPSA) is 314 Å². The molecule has 1 spiro atoms. The number of benzene rings is 1. The van der Waals surface area contributed by atoms with Crippen molar-refractivity contribution in [1.82, 2.24) is 10.3 Å². The summed E-state index contributed by atoms with van der Waals surface area (Å²) in [6.07, 6.45) is 7.90. The number of carbonyl (C=O) groups excluding carboxylic acids is 3. The highest BCUT2D eigenvalue weighted by Gasteiger charge is 2.79. The van der Waals surface area contributed by atoms with E-state index in [0.717, 1.165) is 30.4 Å². The van der Waals surface area contributed by atoms with Crippen molar-refractivity contribution in [1.29, 1.82) is 0 Å². The molecule has 462 valence electrons. The van der Waals surface area contributed by atoms with Crippen molar-refractivity contribution in [3.05, 3.63) is 76.8 Å². The Balaban J connectivity index is 1.05. The first-order valence-corrected chi connectivity index (χ1v) is 34.0. The molecule has 7 fully saturated rings. The number of esters is 1. The number of ether oxygens (including phenoxy) is 1. The first-order chi connectivity index (χ1) is 40.6. The van der Waals surface area contributed by atoms with Crippen LogP contribution < -0.4 is 16.8 Å². The van der Waals surface area contributed by atoms with Crippen LogP contribution in [-0.4, -0.2) is 143 Å². The molecule has 2 aliphatic heterocycles. The van der Waals surface area contributed by atoms with Crippen LogP contribution in [0.4, 0.5) is 0 Å². The largest absolute Gasteiger partial charge is 0.508 e. The second kappa shape index (κ2) is 23.5. The normalized spacial score (nSPS) is 45.4. The van der Waals surface area contributed by atoms with E-state index < -0.39 is 106 Å². The molecule has 1 aromatic heterocycles. The molecule has 0 amide bonds. The average molecular weight is 1210 g/mol. The monoisotopic (exact) mass is 1210 g/mol. The Kier molecular flexibility index (Phi) is 16.9. The Morgan fingerprint density at radius 3 is 2.38 bits per heavy atom.